The molecular formula is C16H12O2. The maximum absolute atomic E-state index is 12.2. The Morgan fingerprint density at radius 1 is 0.944 bits per heavy atom. The van der Waals surface area contributed by atoms with Gasteiger partial charge in [-0.15, -0.1) is 0 Å². The molecule has 1 N–H and O–H groups in total. The predicted molar refractivity (Wildman–Crippen MR) is 69.8 cm³/mol. The fourth-order valence-corrected chi connectivity index (χ4v) is 2.55. The second kappa shape index (κ2) is 4.15. The smallest absolute Gasteiger partial charge is 0.193 e. The molecule has 88 valence electrons. The third-order valence-corrected chi connectivity index (χ3v) is 3.36. The highest BCUT2D eigenvalue weighted by Crippen LogP contribution is 2.41. The molecule has 0 aliphatic heterocycles. The van der Waals surface area contributed by atoms with E-state index >= 15 is 0 Å². The minimum atomic E-state index is -0.153. The average Bonchev–Trinajstić information content (AvgIpc) is 2.73. The number of rotatable bonds is 1. The van der Waals surface area contributed by atoms with E-state index in [9.17, 15) is 9.90 Å². The van der Waals surface area contributed by atoms with Crippen molar-refractivity contribution in [3.63, 3.8) is 0 Å². The fourth-order valence-electron chi connectivity index (χ4n) is 2.55. The van der Waals surface area contributed by atoms with Gasteiger partial charge in [0, 0.05) is 17.1 Å². The van der Waals surface area contributed by atoms with E-state index in [1.165, 1.54) is 0 Å². The Labute approximate surface area is 105 Å². The van der Waals surface area contributed by atoms with Crippen molar-refractivity contribution in [2.75, 3.05) is 0 Å². The molecule has 0 saturated carbocycles. The summed E-state index contributed by atoms with van der Waals surface area (Å²) in [7, 11) is 0. The summed E-state index contributed by atoms with van der Waals surface area (Å²) in [5.74, 6) is -0.234. The van der Waals surface area contributed by atoms with Gasteiger partial charge in [0.15, 0.2) is 5.78 Å². The molecule has 0 bridgehead atoms. The minimum Gasteiger partial charge on any atom is -0.515 e. The van der Waals surface area contributed by atoms with Crippen LogP contribution in [0.1, 0.15) is 27.4 Å². The number of allylic oxidation sites excluding steroid dienone is 1. The molecule has 1 unspecified atom stereocenters. The van der Waals surface area contributed by atoms with Crippen molar-refractivity contribution >= 4 is 5.78 Å². The fraction of sp³-hybridized carbons (Fsp3) is 0.0625. The zero-order valence-corrected chi connectivity index (χ0v) is 9.71. The standard InChI is InChI=1S/C16H12O2/c17-10-14-15(11-6-2-1-3-7-11)12-8-4-5-9-13(12)16(14)18/h1-10,15,17H/b14-10-. The number of hydrogen-bond donors (Lipinski definition) is 1. The molecule has 0 saturated heterocycles. The summed E-state index contributed by atoms with van der Waals surface area (Å²) < 4.78 is 0. The van der Waals surface area contributed by atoms with Gasteiger partial charge in [0.25, 0.3) is 0 Å². The highest BCUT2D eigenvalue weighted by molar-refractivity contribution is 6.14. The van der Waals surface area contributed by atoms with Crippen LogP contribution in [0.3, 0.4) is 0 Å². The van der Waals surface area contributed by atoms with Crippen molar-refractivity contribution < 1.29 is 9.90 Å². The average molecular weight is 236 g/mol. The normalized spacial score (nSPS) is 20.1. The Hall–Kier alpha value is -2.35. The van der Waals surface area contributed by atoms with E-state index in [0.29, 0.717) is 11.1 Å². The Bertz CT molecular complexity index is 627. The first-order chi connectivity index (χ1) is 8.83. The van der Waals surface area contributed by atoms with E-state index in [1.54, 1.807) is 0 Å². The molecule has 18 heavy (non-hydrogen) atoms. The largest absolute Gasteiger partial charge is 0.515 e. The topological polar surface area (TPSA) is 37.3 Å². The van der Waals surface area contributed by atoms with Gasteiger partial charge in [-0.05, 0) is 11.1 Å². The maximum atomic E-state index is 12.2. The summed E-state index contributed by atoms with van der Waals surface area (Å²) in [4.78, 5) is 12.2. The Kier molecular flexibility index (Phi) is 2.49. The SMILES string of the molecule is O=C1/C(=C\O)C(c2ccccc2)c2ccccc21. The molecule has 2 aromatic carbocycles. The van der Waals surface area contributed by atoms with Crippen LogP contribution in [0.2, 0.25) is 0 Å². The predicted octanol–water partition coefficient (Wildman–Crippen LogP) is 3.46. The van der Waals surface area contributed by atoms with Crippen LogP contribution >= 0.6 is 0 Å². The maximum Gasteiger partial charge on any atom is 0.193 e. The van der Waals surface area contributed by atoms with E-state index in [1.807, 2.05) is 54.6 Å². The third kappa shape index (κ3) is 1.46. The van der Waals surface area contributed by atoms with Gasteiger partial charge in [-0.25, -0.2) is 0 Å². The molecule has 2 aromatic rings. The number of carbonyl (C=O) groups is 1. The summed E-state index contributed by atoms with van der Waals surface area (Å²) >= 11 is 0. The number of hydrogen-bond acceptors (Lipinski definition) is 2. The second-order valence-electron chi connectivity index (χ2n) is 4.34. The van der Waals surface area contributed by atoms with Gasteiger partial charge in [-0.3, -0.25) is 4.79 Å². The first-order valence-corrected chi connectivity index (χ1v) is 5.86. The molecule has 0 amide bonds. The van der Waals surface area contributed by atoms with Gasteiger partial charge in [0.1, 0.15) is 0 Å². The Morgan fingerprint density at radius 2 is 1.61 bits per heavy atom. The van der Waals surface area contributed by atoms with E-state index < -0.39 is 0 Å². The van der Waals surface area contributed by atoms with Crippen LogP contribution in [0.25, 0.3) is 0 Å². The lowest BCUT2D eigenvalue weighted by Crippen LogP contribution is -2.02. The number of Topliss-reactive ketones (excluding diaryl/α,β-unsaturated/α-hetero) is 1. The summed E-state index contributed by atoms with van der Waals surface area (Å²) in [6.45, 7) is 0. The van der Waals surface area contributed by atoms with Gasteiger partial charge in [0.05, 0.1) is 6.26 Å². The van der Waals surface area contributed by atoms with Crippen molar-refractivity contribution in [3.05, 3.63) is 83.1 Å². The van der Waals surface area contributed by atoms with Crippen LogP contribution in [-0.4, -0.2) is 10.9 Å². The third-order valence-electron chi connectivity index (χ3n) is 3.36. The van der Waals surface area contributed by atoms with E-state index in [-0.39, 0.29) is 11.7 Å². The molecule has 1 aliphatic carbocycles. The number of ketones is 1. The number of aliphatic hydroxyl groups excluding tert-OH is 1. The highest BCUT2D eigenvalue weighted by Gasteiger charge is 2.35. The van der Waals surface area contributed by atoms with Crippen LogP contribution in [0.5, 0.6) is 0 Å². The van der Waals surface area contributed by atoms with Crippen molar-refractivity contribution in [1.29, 1.82) is 0 Å². The number of carbonyl (C=O) groups excluding carboxylic acids is 1. The Morgan fingerprint density at radius 3 is 2.33 bits per heavy atom. The summed E-state index contributed by atoms with van der Waals surface area (Å²) in [6.07, 6.45) is 0.944. The van der Waals surface area contributed by atoms with Gasteiger partial charge in [-0.2, -0.15) is 0 Å². The van der Waals surface area contributed by atoms with Crippen molar-refractivity contribution in [2.45, 2.75) is 5.92 Å². The van der Waals surface area contributed by atoms with Crippen LogP contribution in [-0.2, 0) is 0 Å². The summed E-state index contributed by atoms with van der Waals surface area (Å²) in [5, 5.41) is 9.36. The van der Waals surface area contributed by atoms with Gasteiger partial charge < -0.3 is 5.11 Å². The molecule has 2 nitrogen and oxygen atoms in total. The number of fused-ring (bicyclic) bond motifs is 1. The first kappa shape index (κ1) is 10.8. The molecule has 0 radical (unpaired) electrons. The zero-order valence-electron chi connectivity index (χ0n) is 9.71. The molecule has 1 atom stereocenters. The van der Waals surface area contributed by atoms with E-state index in [4.69, 9.17) is 0 Å². The quantitative estimate of drug-likeness (QED) is 0.608. The number of benzene rings is 2. The van der Waals surface area contributed by atoms with Crippen LogP contribution in [0.15, 0.2) is 66.4 Å². The van der Waals surface area contributed by atoms with Crippen LogP contribution in [0.4, 0.5) is 0 Å². The van der Waals surface area contributed by atoms with Gasteiger partial charge in [-0.1, -0.05) is 54.6 Å². The Balaban J connectivity index is 2.22. The lowest BCUT2D eigenvalue weighted by molar-refractivity contribution is 0.103. The van der Waals surface area contributed by atoms with Crippen molar-refractivity contribution in [1.82, 2.24) is 0 Å². The molecule has 0 aromatic heterocycles. The van der Waals surface area contributed by atoms with Crippen molar-refractivity contribution in [3.8, 4) is 0 Å². The molecule has 0 heterocycles. The lowest BCUT2D eigenvalue weighted by Gasteiger charge is -2.12. The van der Waals surface area contributed by atoms with E-state index in [2.05, 4.69) is 0 Å². The summed E-state index contributed by atoms with van der Waals surface area (Å²) in [6, 6.07) is 17.3. The zero-order chi connectivity index (χ0) is 12.5. The minimum absolute atomic E-state index is 0.0815. The number of aliphatic hydroxyl groups is 1. The monoisotopic (exact) mass is 236 g/mol. The lowest BCUT2D eigenvalue weighted by atomic mass is 9.90. The molecule has 0 spiro atoms. The first-order valence-electron chi connectivity index (χ1n) is 5.86. The molecule has 1 aliphatic rings. The van der Waals surface area contributed by atoms with Crippen LogP contribution < -0.4 is 0 Å². The van der Waals surface area contributed by atoms with Gasteiger partial charge >= 0.3 is 0 Å². The second-order valence-corrected chi connectivity index (χ2v) is 4.34. The highest BCUT2D eigenvalue weighted by atomic mass is 16.2. The van der Waals surface area contributed by atoms with Crippen LogP contribution in [0, 0.1) is 0 Å². The van der Waals surface area contributed by atoms with Gasteiger partial charge in [0.2, 0.25) is 0 Å². The van der Waals surface area contributed by atoms with E-state index in [0.717, 1.165) is 17.4 Å². The van der Waals surface area contributed by atoms with Crippen molar-refractivity contribution in [2.24, 2.45) is 0 Å². The summed E-state index contributed by atoms with van der Waals surface area (Å²) in [5.41, 5.74) is 3.12. The molecule has 3 rings (SSSR count). The molecule has 2 heteroatoms. The molecule has 0 fully saturated rings. The molecular weight excluding hydrogens is 224 g/mol.